The maximum atomic E-state index is 12.7. The minimum Gasteiger partial charge on any atom is -0.490 e. The molecule has 0 aromatic heterocycles. The normalized spacial score (nSPS) is 10.9. The van der Waals surface area contributed by atoms with Crippen molar-refractivity contribution in [2.45, 2.75) is 27.4 Å². The SMILES string of the molecule is CCOc1cc(/C=C(/C#N)C(=O)Nc2ccc(C)cc2C)ccc1OCc1ccc(Br)cc1. The number of nitriles is 1. The average molecular weight is 505 g/mol. The van der Waals surface area contributed by atoms with Crippen molar-refractivity contribution in [3.63, 3.8) is 0 Å². The van der Waals surface area contributed by atoms with Gasteiger partial charge in [-0.1, -0.05) is 51.8 Å². The minimum atomic E-state index is -0.460. The third-order valence-corrected chi connectivity index (χ3v) is 5.41. The lowest BCUT2D eigenvalue weighted by Gasteiger charge is -2.13. The van der Waals surface area contributed by atoms with Crippen LogP contribution in [0, 0.1) is 25.2 Å². The van der Waals surface area contributed by atoms with E-state index in [9.17, 15) is 10.1 Å². The Morgan fingerprint density at radius 1 is 1.03 bits per heavy atom. The molecule has 0 saturated heterocycles. The lowest BCUT2D eigenvalue weighted by atomic mass is 10.1. The number of nitrogens with zero attached hydrogens (tertiary/aromatic N) is 1. The van der Waals surface area contributed by atoms with Crippen molar-refractivity contribution in [3.05, 3.63) is 93.0 Å². The molecule has 6 heteroatoms. The van der Waals surface area contributed by atoms with Crippen LogP contribution >= 0.6 is 15.9 Å². The molecule has 5 nitrogen and oxygen atoms in total. The fraction of sp³-hybridized carbons (Fsp3) is 0.185. The van der Waals surface area contributed by atoms with Crippen LogP contribution in [0.5, 0.6) is 11.5 Å². The Hall–Kier alpha value is -3.56. The fourth-order valence-electron chi connectivity index (χ4n) is 3.20. The van der Waals surface area contributed by atoms with Gasteiger partial charge in [0.25, 0.3) is 5.91 Å². The number of hydrogen-bond acceptors (Lipinski definition) is 4. The summed E-state index contributed by atoms with van der Waals surface area (Å²) in [5.41, 5.74) is 4.42. The number of benzene rings is 3. The van der Waals surface area contributed by atoms with E-state index < -0.39 is 5.91 Å². The van der Waals surface area contributed by atoms with Gasteiger partial charge in [-0.05, 0) is 73.9 Å². The summed E-state index contributed by atoms with van der Waals surface area (Å²) in [6, 6.07) is 21.0. The van der Waals surface area contributed by atoms with Crippen LogP contribution in [-0.4, -0.2) is 12.5 Å². The van der Waals surface area contributed by atoms with Gasteiger partial charge in [-0.15, -0.1) is 0 Å². The minimum absolute atomic E-state index is 0.000884. The first kappa shape index (κ1) is 24.1. The van der Waals surface area contributed by atoms with Crippen LogP contribution in [0.4, 0.5) is 5.69 Å². The zero-order chi connectivity index (χ0) is 23.8. The number of nitrogens with one attached hydrogen (secondary N) is 1. The van der Waals surface area contributed by atoms with Gasteiger partial charge in [-0.2, -0.15) is 5.26 Å². The van der Waals surface area contributed by atoms with Crippen LogP contribution in [0.1, 0.15) is 29.2 Å². The number of aryl methyl sites for hydroxylation is 2. The molecule has 168 valence electrons. The topological polar surface area (TPSA) is 71.3 Å². The molecular weight excluding hydrogens is 480 g/mol. The van der Waals surface area contributed by atoms with E-state index >= 15 is 0 Å². The van der Waals surface area contributed by atoms with E-state index in [-0.39, 0.29) is 5.57 Å². The Balaban J connectivity index is 1.78. The molecule has 0 heterocycles. The lowest BCUT2D eigenvalue weighted by molar-refractivity contribution is -0.112. The quantitative estimate of drug-likeness (QED) is 0.277. The van der Waals surface area contributed by atoms with Crippen LogP contribution in [0.2, 0.25) is 0 Å². The molecule has 0 bridgehead atoms. The molecule has 3 aromatic rings. The molecule has 0 fully saturated rings. The average Bonchev–Trinajstić information content (AvgIpc) is 2.80. The van der Waals surface area contributed by atoms with Gasteiger partial charge in [0.2, 0.25) is 0 Å². The highest BCUT2D eigenvalue weighted by molar-refractivity contribution is 9.10. The Morgan fingerprint density at radius 2 is 1.79 bits per heavy atom. The molecule has 0 aliphatic heterocycles. The van der Waals surface area contributed by atoms with Crippen molar-refractivity contribution in [2.75, 3.05) is 11.9 Å². The van der Waals surface area contributed by atoms with Gasteiger partial charge in [0.1, 0.15) is 18.2 Å². The summed E-state index contributed by atoms with van der Waals surface area (Å²) in [5, 5.41) is 12.4. The number of hydrogen-bond donors (Lipinski definition) is 1. The highest BCUT2D eigenvalue weighted by atomic mass is 79.9. The van der Waals surface area contributed by atoms with Gasteiger partial charge in [0.05, 0.1) is 6.61 Å². The van der Waals surface area contributed by atoms with Crippen LogP contribution in [0.15, 0.2) is 70.7 Å². The Labute approximate surface area is 202 Å². The molecule has 0 radical (unpaired) electrons. The highest BCUT2D eigenvalue weighted by Gasteiger charge is 2.13. The summed E-state index contributed by atoms with van der Waals surface area (Å²) in [7, 11) is 0. The van der Waals surface area contributed by atoms with Crippen molar-refractivity contribution < 1.29 is 14.3 Å². The second-order valence-electron chi connectivity index (χ2n) is 7.50. The second-order valence-corrected chi connectivity index (χ2v) is 8.41. The fourth-order valence-corrected chi connectivity index (χ4v) is 3.47. The van der Waals surface area contributed by atoms with Crippen molar-refractivity contribution in [1.82, 2.24) is 0 Å². The number of carbonyl (C=O) groups is 1. The van der Waals surface area contributed by atoms with Crippen LogP contribution in [-0.2, 0) is 11.4 Å². The third-order valence-electron chi connectivity index (χ3n) is 4.88. The predicted molar refractivity (Wildman–Crippen MR) is 134 cm³/mol. The summed E-state index contributed by atoms with van der Waals surface area (Å²) in [4.78, 5) is 12.7. The van der Waals surface area contributed by atoms with E-state index in [2.05, 4.69) is 21.2 Å². The zero-order valence-electron chi connectivity index (χ0n) is 18.8. The highest BCUT2D eigenvalue weighted by Crippen LogP contribution is 2.30. The first-order chi connectivity index (χ1) is 15.9. The molecule has 33 heavy (non-hydrogen) atoms. The van der Waals surface area contributed by atoms with E-state index in [1.54, 1.807) is 24.3 Å². The molecule has 0 unspecified atom stereocenters. The monoisotopic (exact) mass is 504 g/mol. The van der Waals surface area contributed by atoms with Crippen molar-refractivity contribution in [1.29, 1.82) is 5.26 Å². The first-order valence-electron chi connectivity index (χ1n) is 10.5. The van der Waals surface area contributed by atoms with Gasteiger partial charge in [0.15, 0.2) is 11.5 Å². The predicted octanol–water partition coefficient (Wildman–Crippen LogP) is 6.59. The first-order valence-corrected chi connectivity index (χ1v) is 11.3. The van der Waals surface area contributed by atoms with Crippen LogP contribution < -0.4 is 14.8 Å². The lowest BCUT2D eigenvalue weighted by Crippen LogP contribution is -2.14. The molecule has 3 aromatic carbocycles. The molecule has 0 aliphatic rings. The Kier molecular flexibility index (Phi) is 8.28. The van der Waals surface area contributed by atoms with Gasteiger partial charge in [-0.25, -0.2) is 0 Å². The maximum Gasteiger partial charge on any atom is 0.266 e. The maximum absolute atomic E-state index is 12.7. The van der Waals surface area contributed by atoms with Crippen molar-refractivity contribution >= 4 is 33.6 Å². The molecule has 1 amide bonds. The van der Waals surface area contributed by atoms with E-state index in [4.69, 9.17) is 9.47 Å². The summed E-state index contributed by atoms with van der Waals surface area (Å²) in [6.07, 6.45) is 1.54. The van der Waals surface area contributed by atoms with Gasteiger partial charge in [0, 0.05) is 10.2 Å². The molecule has 3 rings (SSSR count). The second kappa shape index (κ2) is 11.3. The van der Waals surface area contributed by atoms with Crippen molar-refractivity contribution in [3.8, 4) is 17.6 Å². The number of carbonyl (C=O) groups excluding carboxylic acids is 1. The molecule has 0 spiro atoms. The van der Waals surface area contributed by atoms with E-state index in [1.807, 2.05) is 69.3 Å². The standard InChI is InChI=1S/C27H25BrN2O3/c1-4-32-26-15-21(8-12-25(26)33-17-20-6-9-23(28)10-7-20)14-22(16-29)27(31)30-24-11-5-18(2)13-19(24)3/h5-15H,4,17H2,1-3H3,(H,30,31)/b22-14-. The largest absolute Gasteiger partial charge is 0.490 e. The van der Waals surface area contributed by atoms with E-state index in [0.717, 1.165) is 21.2 Å². The van der Waals surface area contributed by atoms with E-state index in [1.165, 1.54) is 0 Å². The van der Waals surface area contributed by atoms with Gasteiger partial charge in [-0.3, -0.25) is 4.79 Å². The number of rotatable bonds is 8. The Bertz CT molecular complexity index is 1210. The van der Waals surface area contributed by atoms with Gasteiger partial charge >= 0.3 is 0 Å². The summed E-state index contributed by atoms with van der Waals surface area (Å²) in [6.45, 7) is 6.64. The van der Waals surface area contributed by atoms with Crippen LogP contribution in [0.3, 0.4) is 0 Å². The molecule has 0 aliphatic carbocycles. The molecule has 1 N–H and O–H groups in total. The summed E-state index contributed by atoms with van der Waals surface area (Å²) in [5.74, 6) is 0.684. The molecule has 0 saturated carbocycles. The Morgan fingerprint density at radius 3 is 2.45 bits per heavy atom. The summed E-state index contributed by atoms with van der Waals surface area (Å²) >= 11 is 3.42. The number of halogens is 1. The molecular formula is C27H25BrN2O3. The smallest absolute Gasteiger partial charge is 0.266 e. The third kappa shape index (κ3) is 6.71. The number of anilines is 1. The molecule has 0 atom stereocenters. The van der Waals surface area contributed by atoms with E-state index in [0.29, 0.717) is 36.0 Å². The van der Waals surface area contributed by atoms with Crippen LogP contribution in [0.25, 0.3) is 6.08 Å². The summed E-state index contributed by atoms with van der Waals surface area (Å²) < 4.78 is 12.7. The van der Waals surface area contributed by atoms with Gasteiger partial charge < -0.3 is 14.8 Å². The number of ether oxygens (including phenoxy) is 2. The zero-order valence-corrected chi connectivity index (χ0v) is 20.4. The number of amides is 1. The van der Waals surface area contributed by atoms with Crippen molar-refractivity contribution in [2.24, 2.45) is 0 Å².